The van der Waals surface area contributed by atoms with Crippen molar-refractivity contribution in [3.05, 3.63) is 82.5 Å². The first-order valence-electron chi connectivity index (χ1n) is 28.2. The Kier molecular flexibility index (Phi) is 25.5. The second-order valence-corrected chi connectivity index (χ2v) is 24.6. The lowest BCUT2D eigenvalue weighted by Crippen LogP contribution is -2.63. The predicted molar refractivity (Wildman–Crippen MR) is 320 cm³/mol. The maximum atomic E-state index is 14.4. The number of anilines is 1. The van der Waals surface area contributed by atoms with E-state index in [1.807, 2.05) is 44.3 Å². The first-order chi connectivity index (χ1) is 39.7. The van der Waals surface area contributed by atoms with Gasteiger partial charge in [0.15, 0.2) is 5.72 Å². The Hall–Kier alpha value is -5.96. The van der Waals surface area contributed by atoms with Crippen LogP contribution in [0.3, 0.4) is 0 Å². The second kappa shape index (κ2) is 31.1. The van der Waals surface area contributed by atoms with Crippen molar-refractivity contribution in [3.8, 4) is 5.75 Å². The van der Waals surface area contributed by atoms with Gasteiger partial charge in [-0.15, -0.1) is 0 Å². The Bertz CT molecular complexity index is 3010. The smallest absolute Gasteiger partial charge is 0.409 e. The fourth-order valence-corrected chi connectivity index (χ4v) is 12.0. The van der Waals surface area contributed by atoms with Crippen molar-refractivity contribution in [2.75, 3.05) is 85.5 Å². The van der Waals surface area contributed by atoms with E-state index in [4.69, 9.17) is 44.8 Å². The molecule has 4 bridgehead atoms. The van der Waals surface area contributed by atoms with E-state index in [0.29, 0.717) is 30.9 Å². The number of hydrogen-bond donors (Lipinski definition) is 4. The van der Waals surface area contributed by atoms with E-state index in [2.05, 4.69) is 33.1 Å². The topological polar surface area (TPSA) is 284 Å². The number of para-hydroxylation sites is 1. The van der Waals surface area contributed by atoms with Crippen LogP contribution >= 0.6 is 11.6 Å². The summed E-state index contributed by atoms with van der Waals surface area (Å²) in [6.45, 7) is 10.5. The van der Waals surface area contributed by atoms with E-state index in [9.17, 15) is 47.4 Å². The van der Waals surface area contributed by atoms with Crippen LogP contribution in [0.15, 0.2) is 66.3 Å². The number of aryl methyl sites for hydroxylation is 1. The van der Waals surface area contributed by atoms with Gasteiger partial charge in [-0.1, -0.05) is 74.9 Å². The molecule has 85 heavy (non-hydrogen) atoms. The van der Waals surface area contributed by atoms with Gasteiger partial charge in [0.25, 0.3) is 0 Å². The van der Waals surface area contributed by atoms with Crippen LogP contribution in [0.1, 0.15) is 91.8 Å². The molecule has 2 aromatic carbocycles. The molecule has 3 aliphatic heterocycles. The minimum Gasteiger partial charge on any atom is -0.495 e. The van der Waals surface area contributed by atoms with Crippen LogP contribution in [-0.2, 0) is 81.9 Å². The van der Waals surface area contributed by atoms with Crippen LogP contribution in [-0.4, -0.2) is 190 Å². The first-order valence-corrected chi connectivity index (χ1v) is 30.2. The number of carboxylic acid groups (broad SMARTS) is 1. The molecule has 472 valence electrons. The minimum atomic E-state index is -4.16. The third-order valence-electron chi connectivity index (χ3n) is 16.0. The summed E-state index contributed by atoms with van der Waals surface area (Å²) >= 11 is 6.81. The van der Waals surface area contributed by atoms with Crippen molar-refractivity contribution in [1.82, 2.24) is 24.4 Å². The molecule has 4 heterocycles. The summed E-state index contributed by atoms with van der Waals surface area (Å²) in [5.74, 6) is -4.97. The van der Waals surface area contributed by atoms with Gasteiger partial charge in [-0.05, 0) is 82.4 Å². The molecule has 23 nitrogen and oxygen atoms in total. The zero-order valence-electron chi connectivity index (χ0n) is 49.7. The summed E-state index contributed by atoms with van der Waals surface area (Å²) in [6.07, 6.45) is -0.297. The van der Waals surface area contributed by atoms with E-state index >= 15 is 0 Å². The highest BCUT2D eigenvalue weighted by Gasteiger charge is 2.64. The highest BCUT2D eigenvalue weighted by molar-refractivity contribution is 7.89. The van der Waals surface area contributed by atoms with Crippen LogP contribution in [0, 0.1) is 11.8 Å². The second-order valence-electron chi connectivity index (χ2n) is 22.0. The van der Waals surface area contributed by atoms with E-state index in [-0.39, 0.29) is 83.3 Å². The number of methoxy groups -OCH3 is 2. The summed E-state index contributed by atoms with van der Waals surface area (Å²) in [7, 11) is 3.43. The number of aromatic nitrogens is 1. The van der Waals surface area contributed by atoms with Crippen LogP contribution in [0.2, 0.25) is 5.02 Å². The SMILES string of the molecule is C.CCN(C)Cc1cc2ccccc2n1CCC(=O)C[C@@H](CCC(=O)O)C(=O)NCCOCCOCCS(=O)(=O)N(C)[C@@H](C)C(=O)O[C@H]1CC(=O)N(C)c2cc(cc(OC)c2Cl)C/C(C)=C/C=C/[C@@H](OC)[C@@]2(O)C[C@H](OC(=O)N2)[C@@H](C)[C@@H]2O[C@]12C. The average Bonchev–Trinajstić information content (AvgIpc) is 1.64. The fraction of sp³-hybridized carbons (Fsp3) is 0.600. The number of fused-ring (bicyclic) bond motifs is 6. The number of sulfonamides is 1. The van der Waals surface area contributed by atoms with Crippen LogP contribution < -0.4 is 20.3 Å². The van der Waals surface area contributed by atoms with Crippen molar-refractivity contribution < 1.29 is 80.6 Å². The van der Waals surface area contributed by atoms with Gasteiger partial charge in [0.2, 0.25) is 21.8 Å². The molecule has 25 heteroatoms. The third-order valence-corrected chi connectivity index (χ3v) is 18.2. The number of alkyl carbamates (subject to hydrolysis) is 1. The number of allylic oxidation sites excluding steroid dienone is 3. The first kappa shape index (κ1) is 69.8. The quantitative estimate of drug-likeness (QED) is 0.0384. The molecule has 3 aliphatic rings. The number of amides is 3. The number of aliphatic carboxylic acids is 1. The summed E-state index contributed by atoms with van der Waals surface area (Å²) in [6, 6.07) is 12.1. The Balaban J connectivity index is 0.0000132. The molecule has 0 spiro atoms. The summed E-state index contributed by atoms with van der Waals surface area (Å²) < 4.78 is 70.7. The number of ether oxygens (including phenoxy) is 7. The van der Waals surface area contributed by atoms with Crippen molar-refractivity contribution in [2.24, 2.45) is 11.8 Å². The number of Topliss-reactive ketones (excluding diaryl/α,β-unsaturated/α-hetero) is 1. The number of benzene rings is 2. The number of likely N-dealkylation sites (N-methyl/N-ethyl adjacent to an activating group) is 1. The van der Waals surface area contributed by atoms with Gasteiger partial charge in [0.05, 0.1) is 57.5 Å². The molecule has 9 atom stereocenters. The number of epoxide rings is 1. The van der Waals surface area contributed by atoms with Gasteiger partial charge in [-0.2, -0.15) is 4.31 Å². The Labute approximate surface area is 504 Å². The average molecular weight is 1230 g/mol. The number of esters is 1. The summed E-state index contributed by atoms with van der Waals surface area (Å²) in [4.78, 5) is 83.1. The molecule has 0 saturated carbocycles. The molecule has 3 aromatic rings. The molecule has 1 aromatic heterocycles. The fourth-order valence-electron chi connectivity index (χ4n) is 10.5. The van der Waals surface area contributed by atoms with Gasteiger partial charge >= 0.3 is 18.0 Å². The number of nitrogens with one attached hydrogen (secondary N) is 2. The molecule has 2 fully saturated rings. The largest absolute Gasteiger partial charge is 0.495 e. The third kappa shape index (κ3) is 18.3. The maximum absolute atomic E-state index is 14.4. The molecule has 3 amide bonds. The molecule has 0 unspecified atom stereocenters. The van der Waals surface area contributed by atoms with Gasteiger partial charge in [0, 0.05) is 89.6 Å². The highest BCUT2D eigenvalue weighted by atomic mass is 35.5. The predicted octanol–water partition coefficient (Wildman–Crippen LogP) is 6.04. The van der Waals surface area contributed by atoms with E-state index in [0.717, 1.165) is 38.6 Å². The Morgan fingerprint density at radius 3 is 2.42 bits per heavy atom. The molecule has 0 radical (unpaired) electrons. The van der Waals surface area contributed by atoms with Crippen molar-refractivity contribution >= 4 is 73.8 Å². The number of rotatable bonds is 27. The molecule has 0 aliphatic carbocycles. The van der Waals surface area contributed by atoms with Gasteiger partial charge in [0.1, 0.15) is 46.5 Å². The minimum absolute atomic E-state index is 0. The Morgan fingerprint density at radius 1 is 1.04 bits per heavy atom. The standard InChI is InChI=1S/C59H83ClN6O17S.CH4/c1-11-63(6)36-43-32-41-16-12-13-17-45(41)66(43)23-21-44(67)33-42(19-20-52(69)70)55(71)61-22-24-79-25-26-80-27-28-84(75,76)65(8)39(4)56(72)82-50-34-51(68)64(7)46-30-40(31-47(77-9)53(46)60)29-37(2)15-14-18-49(78-10)59(74)35-48(81-57(73)62-59)38(3)54-58(50,5)83-54;/h12-18,30-32,38-39,42,48-50,54,74H,11,19-29,33-36H2,1-10H3,(H,61,71)(H,62,73)(H,69,70);1H4/b18-14+,37-15+;/t38-,39+,42-,48+,49-,50+,54+,58-,59+;/m1./s1. The number of halogens is 1. The molecular weight excluding hydrogens is 1140 g/mol. The number of aliphatic hydroxyl groups is 1. The van der Waals surface area contributed by atoms with E-state index < -0.39 is 106 Å². The number of carbonyl (C=O) groups is 6. The summed E-state index contributed by atoms with van der Waals surface area (Å²) in [5, 5.41) is 27.7. The molecule has 4 N–H and O–H groups in total. The number of carbonyl (C=O) groups excluding carboxylic acids is 5. The Morgan fingerprint density at radius 2 is 1.74 bits per heavy atom. The van der Waals surface area contributed by atoms with Gasteiger partial charge in [-0.3, -0.25) is 29.3 Å². The van der Waals surface area contributed by atoms with Crippen molar-refractivity contribution in [2.45, 2.75) is 142 Å². The van der Waals surface area contributed by atoms with E-state index in [1.165, 1.54) is 40.1 Å². The van der Waals surface area contributed by atoms with Crippen LogP contribution in [0.4, 0.5) is 10.5 Å². The van der Waals surface area contributed by atoms with Crippen LogP contribution in [0.25, 0.3) is 10.9 Å². The normalized spacial score (nSPS) is 24.5. The van der Waals surface area contributed by atoms with Crippen LogP contribution in [0.5, 0.6) is 5.75 Å². The highest BCUT2D eigenvalue weighted by Crippen LogP contribution is 2.49. The number of nitrogens with zero attached hydrogens (tertiary/aromatic N) is 4. The zero-order valence-corrected chi connectivity index (χ0v) is 51.3. The lowest BCUT2D eigenvalue weighted by atomic mass is 9.83. The molecule has 2 saturated heterocycles. The van der Waals surface area contributed by atoms with E-state index in [1.54, 1.807) is 38.1 Å². The van der Waals surface area contributed by atoms with Gasteiger partial charge in [-0.25, -0.2) is 13.2 Å². The lowest BCUT2D eigenvalue weighted by molar-refractivity contribution is -0.157. The van der Waals surface area contributed by atoms with Crippen molar-refractivity contribution in [3.63, 3.8) is 0 Å². The lowest BCUT2D eigenvalue weighted by Gasteiger charge is -2.42. The number of ketones is 1. The van der Waals surface area contributed by atoms with Crippen molar-refractivity contribution in [1.29, 1.82) is 0 Å². The number of carboxylic acids is 1. The zero-order chi connectivity index (χ0) is 61.7. The summed E-state index contributed by atoms with van der Waals surface area (Å²) in [5.41, 5.74) is 0.699. The molecule has 6 rings (SSSR count). The number of hydrogen-bond acceptors (Lipinski definition) is 17. The maximum Gasteiger partial charge on any atom is 0.409 e. The molecular formula is C60H87ClN6O17S. The van der Waals surface area contributed by atoms with Gasteiger partial charge < -0.3 is 63.1 Å². The monoisotopic (exact) mass is 1230 g/mol.